The van der Waals surface area contributed by atoms with E-state index < -0.39 is 0 Å². The predicted octanol–water partition coefficient (Wildman–Crippen LogP) is 14.4. The molecule has 57 heavy (non-hydrogen) atoms. The van der Waals surface area contributed by atoms with Crippen LogP contribution < -0.4 is 0 Å². The molecule has 0 aliphatic heterocycles. The Bertz CT molecular complexity index is 2180. The Labute approximate surface area is 370 Å². The largest absolute Gasteiger partial charge is 0.214 e. The van der Waals surface area contributed by atoms with Gasteiger partial charge in [0.15, 0.2) is 0 Å². The zero-order valence-corrected chi connectivity index (χ0v) is 38.8. The van der Waals surface area contributed by atoms with Gasteiger partial charge in [-0.05, 0) is 23.7 Å². The summed E-state index contributed by atoms with van der Waals surface area (Å²) in [7, 11) is 0. The number of aryl methyl sites for hydroxylation is 2. The third kappa shape index (κ3) is 11.8. The fraction of sp³-hybridized carbons (Fsp3) is 0.222. The number of rotatable bonds is 2. The Morgan fingerprint density at radius 1 is 0.474 bits per heavy atom. The summed E-state index contributed by atoms with van der Waals surface area (Å²) < 4.78 is 1.42. The fourth-order valence-electron chi connectivity index (χ4n) is 6.92. The fourth-order valence-corrected chi connectivity index (χ4v) is 7.74. The summed E-state index contributed by atoms with van der Waals surface area (Å²) in [4.78, 5) is 0. The van der Waals surface area contributed by atoms with E-state index in [-0.39, 0.29) is 35.6 Å². The zero-order valence-electron chi connectivity index (χ0n) is 34.7. The molecule has 0 radical (unpaired) electrons. The molecule has 0 atom stereocenters. The summed E-state index contributed by atoms with van der Waals surface area (Å²) in [6.07, 6.45) is 2.07. The average molecular weight is 866 g/mol. The molecule has 3 heteroatoms. The van der Waals surface area contributed by atoms with Crippen molar-refractivity contribution in [3.8, 4) is 22.3 Å². The predicted molar refractivity (Wildman–Crippen MR) is 247 cm³/mol. The van der Waals surface area contributed by atoms with Crippen molar-refractivity contribution in [3.63, 3.8) is 0 Å². The molecular formula is C54H55Cl2Zr-3. The molecule has 0 nitrogen and oxygen atoms in total. The normalized spacial score (nSPS) is 11.5. The summed E-state index contributed by atoms with van der Waals surface area (Å²) in [5, 5.41) is 0. The van der Waals surface area contributed by atoms with Gasteiger partial charge in [0.05, 0.1) is 0 Å². The molecule has 0 amide bonds. The molecule has 0 spiro atoms. The molecule has 9 rings (SSSR count). The van der Waals surface area contributed by atoms with Crippen LogP contribution in [0, 0.1) is 26.0 Å². The molecule has 2 aliphatic rings. The number of hydrogen-bond acceptors (Lipinski definition) is 0. The van der Waals surface area contributed by atoms with Crippen LogP contribution in [0.1, 0.15) is 97.2 Å². The maximum Gasteiger partial charge on any atom is -0.147 e. The van der Waals surface area contributed by atoms with Crippen molar-refractivity contribution < 1.29 is 24.2 Å². The van der Waals surface area contributed by atoms with E-state index in [1.807, 2.05) is 30.3 Å². The van der Waals surface area contributed by atoms with Crippen LogP contribution in [0.15, 0.2) is 152 Å². The third-order valence-electron chi connectivity index (χ3n) is 10.3. The van der Waals surface area contributed by atoms with Crippen LogP contribution in [0.3, 0.4) is 0 Å². The SMILES string of the molecule is CC(C)(C)c1[c-]c2c(cc1)-c1ccccc1C2.CC(C)(C)c1[c-]c2c(cc1)-c1ccccc1C2.Cc1ccc([C](=[Zr])c2ccc(C)cc2)cc1.Cl.Cl.c1cc[cH-]c1. The van der Waals surface area contributed by atoms with Gasteiger partial charge >= 0.3 is 112 Å². The van der Waals surface area contributed by atoms with Crippen LogP contribution in [-0.2, 0) is 47.9 Å². The molecule has 0 heterocycles. The standard InChI is InChI=1S/2C17H17.C15H14.C5H5.2ClH.Zr/c2*1-17(2,3)14-8-9-16-13(11-14)10-12-6-4-5-7-15(12)16;1-12-3-7-14(8-4-12)11-15-9-5-13(2)6-10-15;1-2-4-5-3-1;;;/h2*4-9H,10H2,1-3H3;3-10H,1-2H3;1-5H;2*1H;/q2*-1;;-1;;;. The summed E-state index contributed by atoms with van der Waals surface area (Å²) >= 11 is 1.46. The Balaban J connectivity index is 0.000000175. The molecule has 7 aromatic carbocycles. The molecule has 0 saturated heterocycles. The van der Waals surface area contributed by atoms with Crippen molar-refractivity contribution >= 4 is 28.0 Å². The first kappa shape index (κ1) is 45.7. The molecule has 2 aliphatic carbocycles. The molecule has 0 fully saturated rings. The van der Waals surface area contributed by atoms with E-state index >= 15 is 0 Å². The van der Waals surface area contributed by atoms with Gasteiger partial charge in [-0.15, -0.1) is 47.1 Å². The van der Waals surface area contributed by atoms with Gasteiger partial charge in [0.2, 0.25) is 0 Å². The number of halogens is 2. The van der Waals surface area contributed by atoms with Gasteiger partial charge < -0.3 is 0 Å². The number of fused-ring (bicyclic) bond motifs is 6. The van der Waals surface area contributed by atoms with Crippen molar-refractivity contribution in [3.05, 3.63) is 219 Å². The molecule has 0 unspecified atom stereocenters. The van der Waals surface area contributed by atoms with Gasteiger partial charge in [-0.2, -0.15) is 65.7 Å². The molecule has 0 bridgehead atoms. The van der Waals surface area contributed by atoms with Crippen LogP contribution in [0.5, 0.6) is 0 Å². The van der Waals surface area contributed by atoms with E-state index in [2.05, 4.69) is 189 Å². The van der Waals surface area contributed by atoms with Crippen LogP contribution in [0.25, 0.3) is 22.3 Å². The summed E-state index contributed by atoms with van der Waals surface area (Å²) in [5.41, 5.74) is 19.4. The second-order valence-electron chi connectivity index (χ2n) is 16.8. The molecule has 0 aromatic heterocycles. The molecule has 0 N–H and O–H groups in total. The Hall–Kier alpha value is -4.00. The van der Waals surface area contributed by atoms with Gasteiger partial charge in [0.25, 0.3) is 0 Å². The second-order valence-corrected chi connectivity index (χ2v) is 18.0. The molecular weight excluding hydrogens is 811 g/mol. The van der Waals surface area contributed by atoms with E-state index in [4.69, 9.17) is 0 Å². The summed E-state index contributed by atoms with van der Waals surface area (Å²) in [6, 6.07) is 61.1. The van der Waals surface area contributed by atoms with Crippen LogP contribution in [0.4, 0.5) is 0 Å². The topological polar surface area (TPSA) is 0 Å². The minimum Gasteiger partial charge on any atom is -0.214 e. The number of benzene rings is 6. The van der Waals surface area contributed by atoms with Crippen molar-refractivity contribution in [2.45, 2.75) is 79.1 Å². The van der Waals surface area contributed by atoms with Gasteiger partial charge in [-0.3, -0.25) is 0 Å². The van der Waals surface area contributed by atoms with Crippen molar-refractivity contribution in [1.82, 2.24) is 0 Å². The van der Waals surface area contributed by atoms with Crippen molar-refractivity contribution in [1.29, 1.82) is 0 Å². The minimum absolute atomic E-state index is 0. The van der Waals surface area contributed by atoms with Gasteiger partial charge in [0, 0.05) is 0 Å². The molecule has 7 aromatic rings. The Kier molecular flexibility index (Phi) is 16.1. The van der Waals surface area contributed by atoms with E-state index in [9.17, 15) is 0 Å². The van der Waals surface area contributed by atoms with Gasteiger partial charge in [0.1, 0.15) is 0 Å². The zero-order chi connectivity index (χ0) is 39.2. The van der Waals surface area contributed by atoms with E-state index in [0.717, 1.165) is 12.8 Å². The smallest absolute Gasteiger partial charge is 0.147 e. The van der Waals surface area contributed by atoms with Crippen LogP contribution in [-0.4, -0.2) is 3.21 Å². The van der Waals surface area contributed by atoms with Crippen molar-refractivity contribution in [2.24, 2.45) is 0 Å². The van der Waals surface area contributed by atoms with E-state index in [0.29, 0.717) is 0 Å². The maximum absolute atomic E-state index is 3.61. The van der Waals surface area contributed by atoms with E-state index in [1.165, 1.54) is 105 Å². The molecule has 0 saturated carbocycles. The summed E-state index contributed by atoms with van der Waals surface area (Å²) in [5.74, 6) is 0. The number of hydrogen-bond donors (Lipinski definition) is 0. The first-order chi connectivity index (χ1) is 26.3. The Morgan fingerprint density at radius 2 is 0.842 bits per heavy atom. The Morgan fingerprint density at radius 3 is 1.18 bits per heavy atom. The van der Waals surface area contributed by atoms with Crippen LogP contribution in [0.2, 0.25) is 0 Å². The average Bonchev–Trinajstić information content (AvgIpc) is 3.95. The quantitative estimate of drug-likeness (QED) is 0.152. The second kappa shape index (κ2) is 20.1. The first-order valence-corrected chi connectivity index (χ1v) is 20.7. The third-order valence-corrected chi connectivity index (χ3v) is 11.7. The van der Waals surface area contributed by atoms with E-state index in [1.54, 1.807) is 0 Å². The van der Waals surface area contributed by atoms with Crippen LogP contribution >= 0.6 is 24.8 Å². The monoisotopic (exact) mass is 863 g/mol. The summed E-state index contributed by atoms with van der Waals surface area (Å²) in [6.45, 7) is 17.7. The molecule has 292 valence electrons. The van der Waals surface area contributed by atoms with Crippen molar-refractivity contribution in [2.75, 3.05) is 0 Å². The maximum atomic E-state index is 3.61. The van der Waals surface area contributed by atoms with Gasteiger partial charge in [-0.1, -0.05) is 112 Å². The minimum atomic E-state index is 0. The van der Waals surface area contributed by atoms with Gasteiger partial charge in [-0.25, -0.2) is 12.1 Å². The first-order valence-electron chi connectivity index (χ1n) is 19.4.